The first kappa shape index (κ1) is 14.6. The Balaban J connectivity index is 0.00000225. The largest absolute Gasteiger partial charge is 0.486 e. The predicted molar refractivity (Wildman–Crippen MR) is 56.1 cm³/mol. The summed E-state index contributed by atoms with van der Waals surface area (Å²) in [6.45, 7) is -0.221. The van der Waals surface area contributed by atoms with E-state index in [1.807, 2.05) is 0 Å². The first-order valence-corrected chi connectivity index (χ1v) is 4.02. The molecule has 3 nitrogen and oxygen atoms in total. The molecule has 3 N–H and O–H groups in total. The number of hydrogen-bond donors (Lipinski definition) is 2. The quantitative estimate of drug-likeness (QED) is 0.643. The van der Waals surface area contributed by atoms with Gasteiger partial charge in [0.15, 0.2) is 0 Å². The van der Waals surface area contributed by atoms with E-state index in [0.29, 0.717) is 0 Å². The third-order valence-corrected chi connectivity index (χ3v) is 1.56. The van der Waals surface area contributed by atoms with Gasteiger partial charge in [-0.1, -0.05) is 6.07 Å². The van der Waals surface area contributed by atoms with Crippen molar-refractivity contribution >= 4 is 18.2 Å². The van der Waals surface area contributed by atoms with E-state index in [4.69, 9.17) is 15.9 Å². The minimum absolute atomic E-state index is 0. The highest BCUT2D eigenvalue weighted by atomic mass is 35.5. The highest BCUT2D eigenvalue weighted by Crippen LogP contribution is 2.31. The third kappa shape index (κ3) is 4.39. The molecule has 0 unspecified atom stereocenters. The van der Waals surface area contributed by atoms with E-state index >= 15 is 0 Å². The molecule has 0 bridgehead atoms. The van der Waals surface area contributed by atoms with Crippen LogP contribution in [0.5, 0.6) is 5.75 Å². The van der Waals surface area contributed by atoms with Crippen molar-refractivity contribution in [2.75, 3.05) is 6.61 Å². The Morgan fingerprint density at radius 1 is 1.38 bits per heavy atom. The van der Waals surface area contributed by atoms with Crippen molar-refractivity contribution in [3.05, 3.63) is 29.8 Å². The normalized spacial score (nSPS) is 10.4. The van der Waals surface area contributed by atoms with E-state index in [0.717, 1.165) is 12.1 Å². The number of nitrogens with two attached hydrogens (primary N) is 1. The standard InChI is InChI=1S/C9H9F3N2O.ClH/c10-9(11,12)6-2-1-3-7(4-6)15-5-8(13)14;/h1-4H,5H2,(H3,13,14);1H. The van der Waals surface area contributed by atoms with Crippen LogP contribution in [0.1, 0.15) is 5.56 Å². The van der Waals surface area contributed by atoms with Crippen LogP contribution in [-0.4, -0.2) is 12.4 Å². The van der Waals surface area contributed by atoms with Crippen molar-refractivity contribution in [2.24, 2.45) is 5.73 Å². The second kappa shape index (κ2) is 5.60. The summed E-state index contributed by atoms with van der Waals surface area (Å²) in [6.07, 6.45) is -4.39. The molecule has 0 saturated carbocycles. The minimum atomic E-state index is -4.39. The molecule has 0 heterocycles. The SMILES string of the molecule is Cl.N=C(N)COc1cccc(C(F)(F)F)c1. The van der Waals surface area contributed by atoms with Crippen molar-refractivity contribution in [3.63, 3.8) is 0 Å². The molecule has 0 aliphatic rings. The predicted octanol–water partition coefficient (Wildman–Crippen LogP) is 2.44. The van der Waals surface area contributed by atoms with Crippen molar-refractivity contribution in [1.82, 2.24) is 0 Å². The lowest BCUT2D eigenvalue weighted by Crippen LogP contribution is -2.19. The number of ether oxygens (including phenoxy) is 1. The molecule has 0 saturated heterocycles. The van der Waals surface area contributed by atoms with E-state index in [1.165, 1.54) is 12.1 Å². The Bertz CT molecular complexity index is 368. The van der Waals surface area contributed by atoms with E-state index in [1.54, 1.807) is 0 Å². The van der Waals surface area contributed by atoms with Gasteiger partial charge in [-0.25, -0.2) is 0 Å². The van der Waals surface area contributed by atoms with Crippen LogP contribution in [0.2, 0.25) is 0 Å². The number of hydrogen-bond acceptors (Lipinski definition) is 2. The molecule has 0 spiro atoms. The molecule has 1 rings (SSSR count). The molecule has 0 atom stereocenters. The van der Waals surface area contributed by atoms with E-state index in [2.05, 4.69) is 0 Å². The maximum Gasteiger partial charge on any atom is 0.416 e. The van der Waals surface area contributed by atoms with Gasteiger partial charge in [-0.05, 0) is 18.2 Å². The monoisotopic (exact) mass is 254 g/mol. The summed E-state index contributed by atoms with van der Waals surface area (Å²) in [6, 6.07) is 4.42. The van der Waals surface area contributed by atoms with Gasteiger partial charge in [-0.15, -0.1) is 12.4 Å². The summed E-state index contributed by atoms with van der Waals surface area (Å²) in [4.78, 5) is 0. The van der Waals surface area contributed by atoms with Crippen LogP contribution in [0.25, 0.3) is 0 Å². The lowest BCUT2D eigenvalue weighted by molar-refractivity contribution is -0.137. The average Bonchev–Trinajstić information content (AvgIpc) is 2.14. The van der Waals surface area contributed by atoms with Crippen LogP contribution >= 0.6 is 12.4 Å². The molecule has 0 radical (unpaired) electrons. The maximum atomic E-state index is 12.2. The van der Waals surface area contributed by atoms with Crippen molar-refractivity contribution < 1.29 is 17.9 Å². The maximum absolute atomic E-state index is 12.2. The van der Waals surface area contributed by atoms with E-state index in [9.17, 15) is 13.2 Å². The van der Waals surface area contributed by atoms with E-state index in [-0.39, 0.29) is 30.6 Å². The number of halogens is 4. The first-order valence-electron chi connectivity index (χ1n) is 4.02. The van der Waals surface area contributed by atoms with Gasteiger partial charge in [0, 0.05) is 0 Å². The molecule has 7 heteroatoms. The van der Waals surface area contributed by atoms with E-state index < -0.39 is 11.7 Å². The van der Waals surface area contributed by atoms with Crippen LogP contribution in [0.4, 0.5) is 13.2 Å². The van der Waals surface area contributed by atoms with Crippen molar-refractivity contribution in [3.8, 4) is 5.75 Å². The van der Waals surface area contributed by atoms with Gasteiger partial charge in [0.1, 0.15) is 18.2 Å². The lowest BCUT2D eigenvalue weighted by Gasteiger charge is -2.09. The summed E-state index contributed by atoms with van der Waals surface area (Å²) in [7, 11) is 0. The zero-order chi connectivity index (χ0) is 11.5. The fourth-order valence-electron chi connectivity index (χ4n) is 0.923. The van der Waals surface area contributed by atoms with Crippen LogP contribution in [0, 0.1) is 5.41 Å². The Labute approximate surface area is 96.3 Å². The topological polar surface area (TPSA) is 59.1 Å². The van der Waals surface area contributed by atoms with Gasteiger partial charge in [0.25, 0.3) is 0 Å². The summed E-state index contributed by atoms with van der Waals surface area (Å²) >= 11 is 0. The molecule has 0 aromatic heterocycles. The number of nitrogens with one attached hydrogen (secondary N) is 1. The Morgan fingerprint density at radius 2 is 2.00 bits per heavy atom. The Morgan fingerprint density at radius 3 is 2.50 bits per heavy atom. The highest BCUT2D eigenvalue weighted by molar-refractivity contribution is 5.85. The summed E-state index contributed by atoms with van der Waals surface area (Å²) in [5.41, 5.74) is 4.21. The summed E-state index contributed by atoms with van der Waals surface area (Å²) in [5.74, 6) is -0.201. The first-order chi connectivity index (χ1) is 6.89. The smallest absolute Gasteiger partial charge is 0.416 e. The minimum Gasteiger partial charge on any atom is -0.486 e. The summed E-state index contributed by atoms with van der Waals surface area (Å²) < 4.78 is 41.6. The fraction of sp³-hybridized carbons (Fsp3) is 0.222. The molecule has 0 aliphatic heterocycles. The van der Waals surface area contributed by atoms with Gasteiger partial charge in [0.05, 0.1) is 5.56 Å². The molecule has 0 amide bonds. The van der Waals surface area contributed by atoms with Crippen molar-refractivity contribution in [2.45, 2.75) is 6.18 Å². The molecule has 0 fully saturated rings. The zero-order valence-corrected chi connectivity index (χ0v) is 8.86. The number of amidine groups is 1. The van der Waals surface area contributed by atoms with Crippen LogP contribution in [0.15, 0.2) is 24.3 Å². The number of alkyl halides is 3. The molecule has 1 aromatic rings. The molecule has 0 aliphatic carbocycles. The molecular weight excluding hydrogens is 245 g/mol. The second-order valence-corrected chi connectivity index (χ2v) is 2.84. The molecule has 1 aromatic carbocycles. The van der Waals surface area contributed by atoms with Gasteiger partial charge >= 0.3 is 6.18 Å². The van der Waals surface area contributed by atoms with Gasteiger partial charge in [-0.2, -0.15) is 13.2 Å². The van der Waals surface area contributed by atoms with Gasteiger partial charge in [-0.3, -0.25) is 5.41 Å². The fourth-order valence-corrected chi connectivity index (χ4v) is 0.923. The molecule has 90 valence electrons. The van der Waals surface area contributed by atoms with Gasteiger partial charge < -0.3 is 10.5 Å². The molecule has 16 heavy (non-hydrogen) atoms. The highest BCUT2D eigenvalue weighted by Gasteiger charge is 2.30. The molecular formula is C9H10ClF3N2O. The van der Waals surface area contributed by atoms with Crippen LogP contribution in [0.3, 0.4) is 0 Å². The van der Waals surface area contributed by atoms with Crippen molar-refractivity contribution in [1.29, 1.82) is 5.41 Å². The average molecular weight is 255 g/mol. The van der Waals surface area contributed by atoms with Crippen LogP contribution in [-0.2, 0) is 6.18 Å². The third-order valence-electron chi connectivity index (χ3n) is 1.56. The second-order valence-electron chi connectivity index (χ2n) is 2.84. The lowest BCUT2D eigenvalue weighted by atomic mass is 10.2. The van der Waals surface area contributed by atoms with Crippen LogP contribution < -0.4 is 10.5 Å². The van der Waals surface area contributed by atoms with Gasteiger partial charge in [0.2, 0.25) is 0 Å². The Hall–Kier alpha value is -1.43. The number of rotatable bonds is 3. The zero-order valence-electron chi connectivity index (χ0n) is 8.04. The Kier molecular flexibility index (Phi) is 5.10. The summed E-state index contributed by atoms with van der Waals surface area (Å²) in [5, 5.41) is 6.85. The number of benzene rings is 1.